The third-order valence-electron chi connectivity index (χ3n) is 3.55. The molecule has 2 heterocycles. The Hall–Kier alpha value is -2.47. The summed E-state index contributed by atoms with van der Waals surface area (Å²) in [6, 6.07) is 9.50. The van der Waals surface area contributed by atoms with Crippen molar-refractivity contribution >= 4 is 17.2 Å². The van der Waals surface area contributed by atoms with Gasteiger partial charge in [0.25, 0.3) is 0 Å². The van der Waals surface area contributed by atoms with E-state index in [0.29, 0.717) is 12.4 Å². The van der Waals surface area contributed by atoms with Crippen LogP contribution in [0.15, 0.2) is 36.5 Å². The first-order valence-electron chi connectivity index (χ1n) is 6.84. The molecule has 0 radical (unpaired) electrons. The molecule has 6 nitrogen and oxygen atoms in total. The molecule has 1 aromatic carbocycles. The first-order valence-corrected chi connectivity index (χ1v) is 6.84. The van der Waals surface area contributed by atoms with Gasteiger partial charge in [0.05, 0.1) is 4.92 Å². The highest BCUT2D eigenvalue weighted by Crippen LogP contribution is 2.34. The van der Waals surface area contributed by atoms with Gasteiger partial charge in [-0.2, -0.15) is 0 Å². The number of fused-ring (bicyclic) bond motifs is 1. The highest BCUT2D eigenvalue weighted by Gasteiger charge is 2.25. The quantitative estimate of drug-likeness (QED) is 0.678. The second-order valence-electron chi connectivity index (χ2n) is 5.07. The van der Waals surface area contributed by atoms with Crippen LogP contribution in [0.1, 0.15) is 11.1 Å². The number of nitrogens with one attached hydrogen (secondary N) is 1. The smallest absolute Gasteiger partial charge is 0.312 e. The van der Waals surface area contributed by atoms with E-state index in [9.17, 15) is 10.1 Å². The number of aryl methyl sites for hydroxylation is 1. The van der Waals surface area contributed by atoms with Gasteiger partial charge in [0.1, 0.15) is 0 Å². The van der Waals surface area contributed by atoms with E-state index in [0.717, 1.165) is 29.9 Å². The molecule has 3 rings (SSSR count). The Kier molecular flexibility index (Phi) is 3.53. The number of nitrogens with zero attached hydrogens (tertiary/aromatic N) is 3. The van der Waals surface area contributed by atoms with E-state index in [1.165, 1.54) is 0 Å². The Labute approximate surface area is 122 Å². The molecule has 0 aliphatic carbocycles. The highest BCUT2D eigenvalue weighted by atomic mass is 16.6. The fraction of sp³-hybridized carbons (Fsp3) is 0.267. The zero-order valence-electron chi connectivity index (χ0n) is 11.7. The normalized spacial score (nSPS) is 14.4. The fourth-order valence-corrected chi connectivity index (χ4v) is 2.57. The molecule has 1 aliphatic rings. The summed E-state index contributed by atoms with van der Waals surface area (Å²) in [6.07, 6.45) is 1.67. The fourth-order valence-electron chi connectivity index (χ4n) is 2.57. The van der Waals surface area contributed by atoms with Crippen molar-refractivity contribution in [3.05, 3.63) is 57.8 Å². The molecule has 0 amide bonds. The summed E-state index contributed by atoms with van der Waals surface area (Å²) in [7, 11) is 0. The monoisotopic (exact) mass is 284 g/mol. The van der Waals surface area contributed by atoms with Gasteiger partial charge in [-0.3, -0.25) is 10.1 Å². The van der Waals surface area contributed by atoms with E-state index in [2.05, 4.69) is 10.3 Å². The van der Waals surface area contributed by atoms with Gasteiger partial charge in [-0.05, 0) is 24.1 Å². The molecule has 2 aromatic rings. The van der Waals surface area contributed by atoms with Crippen LogP contribution in [0.5, 0.6) is 0 Å². The zero-order chi connectivity index (χ0) is 14.8. The van der Waals surface area contributed by atoms with Crippen LogP contribution in [-0.4, -0.2) is 23.0 Å². The summed E-state index contributed by atoms with van der Waals surface area (Å²) in [5.41, 5.74) is 2.92. The van der Waals surface area contributed by atoms with Crippen LogP contribution in [0, 0.1) is 17.0 Å². The van der Waals surface area contributed by atoms with E-state index in [1.807, 2.05) is 36.1 Å². The molecule has 0 atom stereocenters. The highest BCUT2D eigenvalue weighted by molar-refractivity contribution is 5.71. The van der Waals surface area contributed by atoms with Gasteiger partial charge in [-0.25, -0.2) is 4.98 Å². The molecule has 0 unspecified atom stereocenters. The van der Waals surface area contributed by atoms with E-state index < -0.39 is 0 Å². The number of benzene rings is 1. The number of nitro groups is 1. The molecule has 0 spiro atoms. The third kappa shape index (κ3) is 2.57. The summed E-state index contributed by atoms with van der Waals surface area (Å²) < 4.78 is 0. The summed E-state index contributed by atoms with van der Waals surface area (Å²) in [4.78, 5) is 17.2. The Morgan fingerprint density at radius 3 is 3.00 bits per heavy atom. The van der Waals surface area contributed by atoms with Crippen LogP contribution in [0.4, 0.5) is 17.2 Å². The molecule has 0 saturated carbocycles. The van der Waals surface area contributed by atoms with Gasteiger partial charge in [0.2, 0.25) is 5.82 Å². The molecule has 108 valence electrons. The molecule has 1 N–H and O–H groups in total. The molecular formula is C15H16N4O2. The minimum absolute atomic E-state index is 0.0479. The van der Waals surface area contributed by atoms with Crippen molar-refractivity contribution in [2.45, 2.75) is 13.5 Å². The van der Waals surface area contributed by atoms with Crippen LogP contribution in [0.25, 0.3) is 0 Å². The molecule has 1 aromatic heterocycles. The van der Waals surface area contributed by atoms with E-state index in [1.54, 1.807) is 12.3 Å². The molecule has 0 bridgehead atoms. The van der Waals surface area contributed by atoms with E-state index >= 15 is 0 Å². The summed E-state index contributed by atoms with van der Waals surface area (Å²) in [5.74, 6) is 0.404. The lowest BCUT2D eigenvalue weighted by Crippen LogP contribution is -2.25. The number of hydrogen-bond acceptors (Lipinski definition) is 5. The number of anilines is 2. The first-order chi connectivity index (χ1) is 10.2. The molecular weight excluding hydrogens is 268 g/mol. The maximum Gasteiger partial charge on any atom is 0.312 e. The van der Waals surface area contributed by atoms with Crippen LogP contribution in [-0.2, 0) is 6.54 Å². The van der Waals surface area contributed by atoms with Gasteiger partial charge in [-0.15, -0.1) is 0 Å². The summed E-state index contributed by atoms with van der Waals surface area (Å²) in [5, 5.41) is 14.7. The zero-order valence-corrected chi connectivity index (χ0v) is 11.7. The van der Waals surface area contributed by atoms with Gasteiger partial charge in [-0.1, -0.05) is 18.2 Å². The van der Waals surface area contributed by atoms with Gasteiger partial charge < -0.3 is 10.2 Å². The molecule has 0 fully saturated rings. The molecule has 1 aliphatic heterocycles. The van der Waals surface area contributed by atoms with Crippen LogP contribution >= 0.6 is 0 Å². The predicted octanol–water partition coefficient (Wildman–Crippen LogP) is 2.54. The van der Waals surface area contributed by atoms with Crippen LogP contribution in [0.3, 0.4) is 0 Å². The summed E-state index contributed by atoms with van der Waals surface area (Å²) >= 11 is 0. The topological polar surface area (TPSA) is 71.3 Å². The minimum Gasteiger partial charge on any atom is -0.319 e. The number of pyridine rings is 1. The number of rotatable bonds is 2. The van der Waals surface area contributed by atoms with Crippen molar-refractivity contribution in [3.8, 4) is 0 Å². The average molecular weight is 284 g/mol. The minimum atomic E-state index is -0.365. The Morgan fingerprint density at radius 2 is 2.19 bits per heavy atom. The molecule has 6 heteroatoms. The van der Waals surface area contributed by atoms with Crippen LogP contribution < -0.4 is 10.2 Å². The van der Waals surface area contributed by atoms with Crippen LogP contribution in [0.2, 0.25) is 0 Å². The Bertz CT molecular complexity index is 687. The lowest BCUT2D eigenvalue weighted by Gasteiger charge is -2.23. The Morgan fingerprint density at radius 1 is 1.38 bits per heavy atom. The van der Waals surface area contributed by atoms with E-state index in [4.69, 9.17) is 0 Å². The van der Waals surface area contributed by atoms with Crippen molar-refractivity contribution in [2.75, 3.05) is 18.0 Å². The van der Waals surface area contributed by atoms with Crippen molar-refractivity contribution in [1.29, 1.82) is 0 Å². The maximum atomic E-state index is 11.3. The SMILES string of the molecule is Cc1cnc(N2CCNCc3ccccc32)c([N+](=O)[O-])c1. The third-order valence-corrected chi connectivity index (χ3v) is 3.55. The largest absolute Gasteiger partial charge is 0.319 e. The first kappa shape index (κ1) is 13.5. The van der Waals surface area contributed by atoms with Gasteiger partial charge in [0, 0.05) is 37.6 Å². The number of aromatic nitrogens is 1. The number of para-hydroxylation sites is 1. The second-order valence-corrected chi connectivity index (χ2v) is 5.07. The summed E-state index contributed by atoms with van der Waals surface area (Å²) in [6.45, 7) is 3.96. The Balaban J connectivity index is 2.14. The lowest BCUT2D eigenvalue weighted by atomic mass is 10.1. The van der Waals surface area contributed by atoms with Crippen molar-refractivity contribution < 1.29 is 4.92 Å². The standard InChI is InChI=1S/C15H16N4O2/c1-11-8-14(19(20)21)15(17-9-11)18-7-6-16-10-12-4-2-3-5-13(12)18/h2-5,8-9,16H,6-7,10H2,1H3. The van der Waals surface area contributed by atoms with Crippen molar-refractivity contribution in [1.82, 2.24) is 10.3 Å². The number of hydrogen-bond donors (Lipinski definition) is 1. The average Bonchev–Trinajstić information content (AvgIpc) is 2.69. The lowest BCUT2D eigenvalue weighted by molar-refractivity contribution is -0.384. The predicted molar refractivity (Wildman–Crippen MR) is 80.8 cm³/mol. The van der Waals surface area contributed by atoms with Crippen molar-refractivity contribution in [3.63, 3.8) is 0 Å². The maximum absolute atomic E-state index is 11.3. The van der Waals surface area contributed by atoms with E-state index in [-0.39, 0.29) is 10.6 Å². The second kappa shape index (κ2) is 5.49. The van der Waals surface area contributed by atoms with Crippen molar-refractivity contribution in [2.24, 2.45) is 0 Å². The molecule has 21 heavy (non-hydrogen) atoms. The molecule has 0 saturated heterocycles. The van der Waals surface area contributed by atoms with Gasteiger partial charge >= 0.3 is 5.69 Å². The van der Waals surface area contributed by atoms with Gasteiger partial charge in [0.15, 0.2) is 0 Å².